The molecule has 1 aromatic carbocycles. The predicted molar refractivity (Wildman–Crippen MR) is 99.5 cm³/mol. The van der Waals surface area contributed by atoms with E-state index in [2.05, 4.69) is 20.3 Å². The van der Waals surface area contributed by atoms with Crippen LogP contribution in [0.1, 0.15) is 23.7 Å². The van der Waals surface area contributed by atoms with Crippen molar-refractivity contribution in [1.82, 2.24) is 24.8 Å². The van der Waals surface area contributed by atoms with Gasteiger partial charge in [0.1, 0.15) is 11.3 Å². The number of nitrogens with zero attached hydrogens (tertiary/aromatic N) is 3. The Kier molecular flexibility index (Phi) is 4.04. The monoisotopic (exact) mass is 349 g/mol. The summed E-state index contributed by atoms with van der Waals surface area (Å²) in [5.41, 5.74) is 2.58. The Balaban J connectivity index is 1.65. The second kappa shape index (κ2) is 6.51. The third-order valence-corrected chi connectivity index (χ3v) is 4.22. The maximum absolute atomic E-state index is 12.3. The molecule has 0 aliphatic heterocycles. The number of aryl methyl sites for hydroxylation is 1. The van der Waals surface area contributed by atoms with Crippen molar-refractivity contribution in [3.05, 3.63) is 48.4 Å². The van der Waals surface area contributed by atoms with Gasteiger partial charge in [0.25, 0.3) is 5.91 Å². The summed E-state index contributed by atoms with van der Waals surface area (Å²) in [7, 11) is 1.99. The number of ether oxygens (including phenoxy) is 1. The molecule has 0 aliphatic rings. The maximum Gasteiger partial charge on any atom is 0.255 e. The van der Waals surface area contributed by atoms with E-state index in [4.69, 9.17) is 4.74 Å². The number of fused-ring (bicyclic) bond motifs is 2. The molecule has 0 unspecified atom stereocenters. The van der Waals surface area contributed by atoms with Gasteiger partial charge in [0.05, 0.1) is 17.3 Å². The molecule has 3 heterocycles. The summed E-state index contributed by atoms with van der Waals surface area (Å²) in [6.07, 6.45) is 6.04. The van der Waals surface area contributed by atoms with E-state index >= 15 is 0 Å². The Morgan fingerprint density at radius 1 is 1.35 bits per heavy atom. The van der Waals surface area contributed by atoms with Crippen LogP contribution in [0.25, 0.3) is 22.1 Å². The zero-order valence-electron chi connectivity index (χ0n) is 14.6. The SMILES string of the molecule is CCCNC(=O)c1c[nH]c2ncc(Oc3ccc4ccn(C)c4c3)nc12. The van der Waals surface area contributed by atoms with Gasteiger partial charge in [0.15, 0.2) is 5.65 Å². The van der Waals surface area contributed by atoms with Crippen LogP contribution >= 0.6 is 0 Å². The number of amides is 1. The van der Waals surface area contributed by atoms with E-state index in [9.17, 15) is 4.79 Å². The lowest BCUT2D eigenvalue weighted by atomic mass is 10.2. The number of aromatic amines is 1. The normalized spacial score (nSPS) is 11.2. The first-order valence-corrected chi connectivity index (χ1v) is 8.51. The van der Waals surface area contributed by atoms with Crippen LogP contribution in [0, 0.1) is 0 Å². The number of carbonyl (C=O) groups excluding carboxylic acids is 1. The predicted octanol–water partition coefficient (Wildman–Crippen LogP) is 3.38. The summed E-state index contributed by atoms with van der Waals surface area (Å²) in [5, 5.41) is 3.99. The highest BCUT2D eigenvalue weighted by atomic mass is 16.5. The fourth-order valence-electron chi connectivity index (χ4n) is 2.86. The molecule has 3 aromatic heterocycles. The smallest absolute Gasteiger partial charge is 0.255 e. The van der Waals surface area contributed by atoms with Crippen molar-refractivity contribution in [2.45, 2.75) is 13.3 Å². The van der Waals surface area contributed by atoms with Gasteiger partial charge in [-0.1, -0.05) is 6.92 Å². The van der Waals surface area contributed by atoms with Crippen LogP contribution in [0.15, 0.2) is 42.9 Å². The molecule has 1 amide bonds. The molecule has 0 atom stereocenters. The number of benzene rings is 1. The van der Waals surface area contributed by atoms with Crippen LogP contribution in [0.3, 0.4) is 0 Å². The highest BCUT2D eigenvalue weighted by Crippen LogP contribution is 2.26. The van der Waals surface area contributed by atoms with Crippen molar-refractivity contribution in [2.75, 3.05) is 6.54 Å². The lowest BCUT2D eigenvalue weighted by molar-refractivity contribution is 0.0955. The van der Waals surface area contributed by atoms with Crippen LogP contribution in [0.5, 0.6) is 11.6 Å². The summed E-state index contributed by atoms with van der Waals surface area (Å²) >= 11 is 0. The van der Waals surface area contributed by atoms with Gasteiger partial charge in [0.2, 0.25) is 5.88 Å². The first-order valence-electron chi connectivity index (χ1n) is 8.51. The first kappa shape index (κ1) is 16.1. The molecule has 4 rings (SSSR count). The Hall–Kier alpha value is -3.35. The standard InChI is InChI=1S/C19H19N5O2/c1-3-7-20-19(25)14-10-21-18-17(14)23-16(11-22-18)26-13-5-4-12-6-8-24(2)15(12)9-13/h4-6,8-11H,3,7H2,1-2H3,(H,20,25)(H,21,22). The van der Waals surface area contributed by atoms with Gasteiger partial charge < -0.3 is 19.6 Å². The fourth-order valence-corrected chi connectivity index (χ4v) is 2.86. The first-order chi connectivity index (χ1) is 12.7. The van der Waals surface area contributed by atoms with Crippen molar-refractivity contribution in [3.63, 3.8) is 0 Å². The second-order valence-electron chi connectivity index (χ2n) is 6.11. The van der Waals surface area contributed by atoms with Gasteiger partial charge in [0, 0.05) is 32.1 Å². The Bertz CT molecular complexity index is 1100. The molecule has 0 saturated heterocycles. The molecule has 2 N–H and O–H groups in total. The molecule has 4 aromatic rings. The van der Waals surface area contributed by atoms with Crippen LogP contribution < -0.4 is 10.1 Å². The summed E-state index contributed by atoms with van der Waals surface area (Å²) < 4.78 is 7.90. The number of hydrogen-bond donors (Lipinski definition) is 2. The van der Waals surface area contributed by atoms with Crippen molar-refractivity contribution in [2.24, 2.45) is 7.05 Å². The summed E-state index contributed by atoms with van der Waals surface area (Å²) in [6.45, 7) is 2.62. The molecule has 0 aliphatic carbocycles. The van der Waals surface area contributed by atoms with Gasteiger partial charge in [-0.05, 0) is 30.0 Å². The number of H-pyrrole nitrogens is 1. The third-order valence-electron chi connectivity index (χ3n) is 4.22. The van der Waals surface area contributed by atoms with Crippen molar-refractivity contribution in [1.29, 1.82) is 0 Å². The minimum Gasteiger partial charge on any atom is -0.437 e. The minimum atomic E-state index is -0.172. The molecule has 0 fully saturated rings. The molecule has 132 valence electrons. The molecule has 7 heteroatoms. The van der Waals surface area contributed by atoms with Crippen LogP contribution in [0.4, 0.5) is 0 Å². The average Bonchev–Trinajstić information content (AvgIpc) is 3.23. The Morgan fingerprint density at radius 3 is 3.08 bits per heavy atom. The van der Waals surface area contributed by atoms with Crippen molar-refractivity contribution >= 4 is 28.0 Å². The molecule has 0 saturated carbocycles. The van der Waals surface area contributed by atoms with Crippen molar-refractivity contribution in [3.8, 4) is 11.6 Å². The summed E-state index contributed by atoms with van der Waals surface area (Å²) in [6, 6.07) is 7.88. The van der Waals surface area contributed by atoms with E-state index in [1.54, 1.807) is 12.4 Å². The number of aromatic nitrogens is 4. The molecule has 0 spiro atoms. The molecule has 7 nitrogen and oxygen atoms in total. The van der Waals surface area contributed by atoms with Crippen molar-refractivity contribution < 1.29 is 9.53 Å². The quantitative estimate of drug-likeness (QED) is 0.578. The number of rotatable bonds is 5. The Morgan fingerprint density at radius 2 is 2.23 bits per heavy atom. The zero-order chi connectivity index (χ0) is 18.1. The summed E-state index contributed by atoms with van der Waals surface area (Å²) in [4.78, 5) is 24.0. The molecular weight excluding hydrogens is 330 g/mol. The van der Waals surface area contributed by atoms with Gasteiger partial charge >= 0.3 is 0 Å². The van der Waals surface area contributed by atoms with E-state index in [-0.39, 0.29) is 5.91 Å². The van der Waals surface area contributed by atoms with Crippen LogP contribution in [-0.2, 0) is 7.05 Å². The molecule has 0 bridgehead atoms. The van der Waals surface area contributed by atoms with Gasteiger partial charge in [-0.15, -0.1) is 0 Å². The molecule has 26 heavy (non-hydrogen) atoms. The molecular formula is C19H19N5O2. The average molecular weight is 349 g/mol. The summed E-state index contributed by atoms with van der Waals surface area (Å²) in [5.74, 6) is 0.838. The molecule has 0 radical (unpaired) electrons. The van der Waals surface area contributed by atoms with E-state index in [0.717, 1.165) is 17.3 Å². The van der Waals surface area contributed by atoms with E-state index in [1.807, 2.05) is 49.0 Å². The topological polar surface area (TPSA) is 84.8 Å². The lowest BCUT2D eigenvalue weighted by Gasteiger charge is -2.06. The highest BCUT2D eigenvalue weighted by molar-refractivity contribution is 6.04. The van der Waals surface area contributed by atoms with E-state index in [1.165, 1.54) is 0 Å². The van der Waals surface area contributed by atoms with E-state index in [0.29, 0.717) is 34.9 Å². The van der Waals surface area contributed by atoms with Gasteiger partial charge in [-0.25, -0.2) is 9.97 Å². The maximum atomic E-state index is 12.3. The zero-order valence-corrected chi connectivity index (χ0v) is 14.6. The minimum absolute atomic E-state index is 0.172. The lowest BCUT2D eigenvalue weighted by Crippen LogP contribution is -2.23. The van der Waals surface area contributed by atoms with Gasteiger partial charge in [-0.2, -0.15) is 0 Å². The largest absolute Gasteiger partial charge is 0.437 e. The third kappa shape index (κ3) is 2.88. The van der Waals surface area contributed by atoms with E-state index < -0.39 is 0 Å². The van der Waals surface area contributed by atoms with Gasteiger partial charge in [-0.3, -0.25) is 4.79 Å². The highest BCUT2D eigenvalue weighted by Gasteiger charge is 2.15. The number of carbonyl (C=O) groups is 1. The Labute approximate surface area is 150 Å². The number of nitrogens with one attached hydrogen (secondary N) is 2. The van der Waals surface area contributed by atoms with Crippen LogP contribution in [0.2, 0.25) is 0 Å². The second-order valence-corrected chi connectivity index (χ2v) is 6.11. The van der Waals surface area contributed by atoms with Crippen LogP contribution in [-0.4, -0.2) is 32.0 Å². The fraction of sp³-hybridized carbons (Fsp3) is 0.211. The number of hydrogen-bond acceptors (Lipinski definition) is 4.